The maximum Gasteiger partial charge on any atom is 0.234 e. The number of nitriles is 1. The van der Waals surface area contributed by atoms with Crippen molar-refractivity contribution < 1.29 is 9.59 Å². The highest BCUT2D eigenvalue weighted by Gasteiger charge is 2.31. The lowest BCUT2D eigenvalue weighted by Gasteiger charge is -2.15. The lowest BCUT2D eigenvalue weighted by molar-refractivity contribution is -0.121. The van der Waals surface area contributed by atoms with E-state index in [0.29, 0.717) is 11.3 Å². The molecule has 1 aromatic rings. The molecule has 16 heavy (non-hydrogen) atoms. The van der Waals surface area contributed by atoms with Crippen molar-refractivity contribution in [2.75, 3.05) is 4.90 Å². The Labute approximate surface area is 97.0 Å². The van der Waals surface area contributed by atoms with E-state index >= 15 is 0 Å². The highest BCUT2D eigenvalue weighted by molar-refractivity contribution is 6.35. The van der Waals surface area contributed by atoms with Crippen LogP contribution in [-0.2, 0) is 9.59 Å². The zero-order valence-corrected chi connectivity index (χ0v) is 8.99. The van der Waals surface area contributed by atoms with Gasteiger partial charge >= 0.3 is 0 Å². The summed E-state index contributed by atoms with van der Waals surface area (Å²) in [5, 5.41) is 8.90. The van der Waals surface area contributed by atoms with Gasteiger partial charge in [-0.3, -0.25) is 9.59 Å². The van der Waals surface area contributed by atoms with Gasteiger partial charge in [0, 0.05) is 12.8 Å². The predicted molar refractivity (Wildman–Crippen MR) is 57.9 cm³/mol. The summed E-state index contributed by atoms with van der Waals surface area (Å²) in [6.45, 7) is 0. The van der Waals surface area contributed by atoms with Crippen molar-refractivity contribution in [3.8, 4) is 6.07 Å². The quantitative estimate of drug-likeness (QED) is 0.697. The predicted octanol–water partition coefficient (Wildman–Crippen LogP) is 1.87. The van der Waals surface area contributed by atoms with E-state index in [2.05, 4.69) is 0 Å². The molecule has 2 rings (SSSR count). The van der Waals surface area contributed by atoms with E-state index in [1.165, 1.54) is 18.2 Å². The number of carbonyl (C=O) groups is 2. The summed E-state index contributed by atoms with van der Waals surface area (Å²) < 4.78 is 0. The molecule has 80 valence electrons. The number of anilines is 1. The maximum absolute atomic E-state index is 11.5. The second kappa shape index (κ2) is 3.95. The van der Waals surface area contributed by atoms with Crippen molar-refractivity contribution in [1.29, 1.82) is 5.26 Å². The molecular formula is C11H7ClN2O2. The number of halogens is 1. The first-order chi connectivity index (χ1) is 7.63. The number of imide groups is 1. The first-order valence-corrected chi connectivity index (χ1v) is 5.06. The topological polar surface area (TPSA) is 61.2 Å². The summed E-state index contributed by atoms with van der Waals surface area (Å²) in [4.78, 5) is 24.0. The van der Waals surface area contributed by atoms with Crippen LogP contribution in [0, 0.1) is 11.3 Å². The van der Waals surface area contributed by atoms with Crippen LogP contribution in [0.5, 0.6) is 0 Å². The van der Waals surface area contributed by atoms with Crippen LogP contribution < -0.4 is 4.90 Å². The van der Waals surface area contributed by atoms with Crippen LogP contribution in [0.4, 0.5) is 5.69 Å². The van der Waals surface area contributed by atoms with Crippen molar-refractivity contribution in [1.82, 2.24) is 0 Å². The third kappa shape index (κ3) is 1.66. The van der Waals surface area contributed by atoms with Crippen molar-refractivity contribution in [3.05, 3.63) is 28.8 Å². The highest BCUT2D eigenvalue weighted by Crippen LogP contribution is 2.30. The van der Waals surface area contributed by atoms with Gasteiger partial charge in [0.1, 0.15) is 0 Å². The molecule has 0 radical (unpaired) electrons. The van der Waals surface area contributed by atoms with E-state index < -0.39 is 0 Å². The second-order valence-corrected chi connectivity index (χ2v) is 3.81. The van der Waals surface area contributed by atoms with Gasteiger partial charge in [0.15, 0.2) is 0 Å². The molecule has 0 unspecified atom stereocenters. The average molecular weight is 235 g/mol. The van der Waals surface area contributed by atoms with Crippen LogP contribution in [0.25, 0.3) is 0 Å². The van der Waals surface area contributed by atoms with Gasteiger partial charge in [-0.1, -0.05) is 11.6 Å². The first kappa shape index (κ1) is 10.7. The highest BCUT2D eigenvalue weighted by atomic mass is 35.5. The fourth-order valence-corrected chi connectivity index (χ4v) is 1.87. The minimum Gasteiger partial charge on any atom is -0.274 e. The summed E-state index contributed by atoms with van der Waals surface area (Å²) in [7, 11) is 0. The number of nitrogens with zero attached hydrogens (tertiary/aromatic N) is 2. The van der Waals surface area contributed by atoms with Crippen LogP contribution >= 0.6 is 11.6 Å². The van der Waals surface area contributed by atoms with E-state index in [1.807, 2.05) is 6.07 Å². The molecule has 1 aromatic carbocycles. The van der Waals surface area contributed by atoms with E-state index in [9.17, 15) is 9.59 Å². The van der Waals surface area contributed by atoms with Crippen molar-refractivity contribution in [2.24, 2.45) is 0 Å². The summed E-state index contributed by atoms with van der Waals surface area (Å²) in [5.41, 5.74) is 0.751. The Morgan fingerprint density at radius 3 is 2.38 bits per heavy atom. The number of amides is 2. The Morgan fingerprint density at radius 1 is 1.25 bits per heavy atom. The molecule has 1 aliphatic heterocycles. The third-order valence-electron chi connectivity index (χ3n) is 2.37. The van der Waals surface area contributed by atoms with Gasteiger partial charge in [-0.2, -0.15) is 5.26 Å². The fraction of sp³-hybridized carbons (Fsp3) is 0.182. The van der Waals surface area contributed by atoms with Crippen LogP contribution in [0.15, 0.2) is 18.2 Å². The maximum atomic E-state index is 11.5. The minimum atomic E-state index is -0.253. The molecule has 0 aliphatic carbocycles. The molecule has 0 spiro atoms. The van der Waals surface area contributed by atoms with Crippen molar-refractivity contribution in [3.63, 3.8) is 0 Å². The molecule has 0 aromatic heterocycles. The Bertz CT molecular complexity index is 503. The molecule has 0 N–H and O–H groups in total. The number of hydrogen-bond donors (Lipinski definition) is 0. The molecule has 4 nitrogen and oxygen atoms in total. The lowest BCUT2D eigenvalue weighted by atomic mass is 10.2. The van der Waals surface area contributed by atoms with Gasteiger partial charge in [-0.25, -0.2) is 4.90 Å². The van der Waals surface area contributed by atoms with E-state index in [-0.39, 0.29) is 29.7 Å². The Morgan fingerprint density at radius 2 is 1.88 bits per heavy atom. The van der Waals surface area contributed by atoms with Crippen LogP contribution in [0.1, 0.15) is 18.4 Å². The molecule has 1 fully saturated rings. The monoisotopic (exact) mass is 234 g/mol. The summed E-state index contributed by atoms with van der Waals surface area (Å²) in [6.07, 6.45) is 0.435. The molecule has 1 heterocycles. The van der Waals surface area contributed by atoms with E-state index in [0.717, 1.165) is 4.90 Å². The summed E-state index contributed by atoms with van der Waals surface area (Å²) in [5.74, 6) is -0.506. The zero-order valence-electron chi connectivity index (χ0n) is 8.24. The van der Waals surface area contributed by atoms with Gasteiger partial charge in [-0.05, 0) is 18.2 Å². The standard InChI is InChI=1S/C11H7ClN2O2/c12-8-5-7(6-13)1-2-9(8)14-10(15)3-4-11(14)16/h1-2,5H,3-4H2. The summed E-state index contributed by atoms with van der Waals surface area (Å²) >= 11 is 5.92. The van der Waals surface area contributed by atoms with E-state index in [1.54, 1.807) is 0 Å². The van der Waals surface area contributed by atoms with Crippen LogP contribution in [0.2, 0.25) is 5.02 Å². The van der Waals surface area contributed by atoms with Gasteiger partial charge in [0.25, 0.3) is 0 Å². The zero-order chi connectivity index (χ0) is 11.7. The molecule has 0 saturated carbocycles. The number of hydrogen-bond acceptors (Lipinski definition) is 3. The Hall–Kier alpha value is -1.86. The average Bonchev–Trinajstić information content (AvgIpc) is 2.59. The number of carbonyl (C=O) groups excluding carboxylic acids is 2. The Kier molecular flexibility index (Phi) is 2.63. The SMILES string of the molecule is N#Cc1ccc(N2C(=O)CCC2=O)c(Cl)c1. The third-order valence-corrected chi connectivity index (χ3v) is 2.67. The minimum absolute atomic E-state index is 0.217. The van der Waals surface area contributed by atoms with E-state index in [4.69, 9.17) is 16.9 Å². The van der Waals surface area contributed by atoms with Crippen molar-refractivity contribution >= 4 is 29.1 Å². The largest absolute Gasteiger partial charge is 0.274 e. The van der Waals surface area contributed by atoms with Crippen LogP contribution in [-0.4, -0.2) is 11.8 Å². The number of rotatable bonds is 1. The van der Waals surface area contributed by atoms with Crippen molar-refractivity contribution in [2.45, 2.75) is 12.8 Å². The molecule has 1 aliphatic rings. The fourth-order valence-electron chi connectivity index (χ4n) is 1.60. The van der Waals surface area contributed by atoms with Crippen LogP contribution in [0.3, 0.4) is 0 Å². The number of benzene rings is 1. The smallest absolute Gasteiger partial charge is 0.234 e. The van der Waals surface area contributed by atoms with Gasteiger partial charge in [-0.15, -0.1) is 0 Å². The normalized spacial score (nSPS) is 15.4. The Balaban J connectivity index is 2.45. The summed E-state index contributed by atoms with van der Waals surface area (Å²) in [6, 6.07) is 6.42. The molecule has 0 bridgehead atoms. The molecule has 5 heteroatoms. The first-order valence-electron chi connectivity index (χ1n) is 4.69. The molecular weight excluding hydrogens is 228 g/mol. The van der Waals surface area contributed by atoms with Gasteiger partial charge in [0.05, 0.1) is 22.3 Å². The molecule has 2 amide bonds. The molecule has 0 atom stereocenters. The molecule has 1 saturated heterocycles. The van der Waals surface area contributed by atoms with Gasteiger partial charge < -0.3 is 0 Å². The lowest BCUT2D eigenvalue weighted by Crippen LogP contribution is -2.28. The second-order valence-electron chi connectivity index (χ2n) is 3.40. The van der Waals surface area contributed by atoms with Gasteiger partial charge in [0.2, 0.25) is 11.8 Å².